The van der Waals surface area contributed by atoms with E-state index in [-0.39, 0.29) is 0 Å². The molecule has 6 heteroatoms. The Morgan fingerprint density at radius 1 is 1.71 bits per heavy atom. The molecule has 0 aliphatic heterocycles. The second kappa shape index (κ2) is 2.98. The van der Waals surface area contributed by atoms with Crippen LogP contribution >= 0.6 is 25.6 Å². The zero-order valence-corrected chi connectivity index (χ0v) is 4.82. The summed E-state index contributed by atoms with van der Waals surface area (Å²) in [6, 6.07) is 0. The van der Waals surface area contributed by atoms with Gasteiger partial charge in [-0.1, -0.05) is 0 Å². The normalized spacial score (nSPS) is 7.86. The van der Waals surface area contributed by atoms with E-state index in [0.717, 1.165) is 0 Å². The van der Waals surface area contributed by atoms with Gasteiger partial charge < -0.3 is 0 Å². The molecule has 0 saturated carbocycles. The SMILES string of the molecule is O=C(OF)N(S)S. The Bertz CT molecular complexity index is 76.1. The van der Waals surface area contributed by atoms with Gasteiger partial charge in [0.05, 0.1) is 0 Å². The highest BCUT2D eigenvalue weighted by Crippen LogP contribution is 1.99. The Morgan fingerprint density at radius 2 is 2.14 bits per heavy atom. The number of hydrogen-bond donors (Lipinski definition) is 2. The molecule has 0 saturated heterocycles. The van der Waals surface area contributed by atoms with Crippen molar-refractivity contribution < 1.29 is 14.3 Å². The van der Waals surface area contributed by atoms with Crippen LogP contribution in [-0.2, 0) is 4.94 Å². The van der Waals surface area contributed by atoms with Crippen molar-refractivity contribution in [1.82, 2.24) is 3.71 Å². The quantitative estimate of drug-likeness (QED) is 0.495. The van der Waals surface area contributed by atoms with Gasteiger partial charge in [-0.05, 0) is 25.6 Å². The average Bonchev–Trinajstić information content (AvgIpc) is 1.65. The van der Waals surface area contributed by atoms with Crippen LogP contribution in [0, 0.1) is 0 Å². The molecule has 0 aromatic heterocycles. The largest absolute Gasteiger partial charge is 0.466 e. The summed E-state index contributed by atoms with van der Waals surface area (Å²) in [7, 11) is 0. The van der Waals surface area contributed by atoms with E-state index >= 15 is 0 Å². The second-order valence-electron chi connectivity index (χ2n) is 0.633. The van der Waals surface area contributed by atoms with E-state index in [1.54, 1.807) is 0 Å². The molecule has 7 heavy (non-hydrogen) atoms. The van der Waals surface area contributed by atoms with Gasteiger partial charge in [0, 0.05) is 4.53 Å². The number of carbonyl (C=O) groups is 1. The van der Waals surface area contributed by atoms with Crippen LogP contribution < -0.4 is 0 Å². The fourth-order valence-corrected chi connectivity index (χ4v) is 0.0926. The molecular weight excluding hydrogens is 141 g/mol. The number of carbonyl (C=O) groups excluding carboxylic acids is 1. The van der Waals surface area contributed by atoms with Crippen LogP contribution in [0.4, 0.5) is 9.32 Å². The molecule has 1 amide bonds. The molecule has 0 aliphatic rings. The van der Waals surface area contributed by atoms with Crippen molar-refractivity contribution in [2.45, 2.75) is 0 Å². The minimum atomic E-state index is -1.26. The standard InChI is InChI=1S/CH2FNO2S2/c2-5-1(4)3(6)7/h6-7H. The minimum absolute atomic E-state index is 0.375. The number of amides is 1. The predicted octanol–water partition coefficient (Wildman–Crippen LogP) is 0.999. The van der Waals surface area contributed by atoms with Crippen LogP contribution in [0.25, 0.3) is 0 Å². The number of nitrogens with zero attached hydrogens (tertiary/aromatic N) is 1. The minimum Gasteiger partial charge on any atom is -0.229 e. The van der Waals surface area contributed by atoms with Crippen molar-refractivity contribution in [3.8, 4) is 0 Å². The highest BCUT2D eigenvalue weighted by Gasteiger charge is 2.04. The Labute approximate surface area is 50.4 Å². The molecule has 0 fully saturated rings. The highest BCUT2D eigenvalue weighted by atomic mass is 32.2. The van der Waals surface area contributed by atoms with Crippen molar-refractivity contribution in [2.75, 3.05) is 0 Å². The summed E-state index contributed by atoms with van der Waals surface area (Å²) in [5, 5.41) is 0. The van der Waals surface area contributed by atoms with Crippen LogP contribution in [0.3, 0.4) is 0 Å². The summed E-state index contributed by atoms with van der Waals surface area (Å²) in [6.45, 7) is 0. The number of thiol groups is 2. The lowest BCUT2D eigenvalue weighted by Gasteiger charge is -1.97. The molecule has 42 valence electrons. The first-order valence-corrected chi connectivity index (χ1v) is 1.99. The van der Waals surface area contributed by atoms with Crippen LogP contribution in [0.5, 0.6) is 0 Å². The summed E-state index contributed by atoms with van der Waals surface area (Å²) in [6.07, 6.45) is -1.26. The van der Waals surface area contributed by atoms with Gasteiger partial charge in [0.25, 0.3) is 0 Å². The number of halogens is 1. The van der Waals surface area contributed by atoms with Crippen LogP contribution in [-0.4, -0.2) is 9.80 Å². The maximum Gasteiger partial charge on any atom is 0.466 e. The van der Waals surface area contributed by atoms with Crippen molar-refractivity contribution >= 4 is 31.7 Å². The van der Waals surface area contributed by atoms with E-state index in [1.165, 1.54) is 0 Å². The summed E-state index contributed by atoms with van der Waals surface area (Å²) < 4.78 is 11.0. The van der Waals surface area contributed by atoms with Gasteiger partial charge in [-0.15, -0.1) is 0 Å². The average molecular weight is 143 g/mol. The third kappa shape index (κ3) is 2.58. The van der Waals surface area contributed by atoms with E-state index < -0.39 is 6.09 Å². The molecule has 0 aromatic rings. The van der Waals surface area contributed by atoms with Crippen LogP contribution in [0.15, 0.2) is 0 Å². The van der Waals surface area contributed by atoms with Gasteiger partial charge in [0.1, 0.15) is 0 Å². The van der Waals surface area contributed by atoms with E-state index in [0.29, 0.717) is 3.71 Å². The van der Waals surface area contributed by atoms with Crippen molar-refractivity contribution in [3.63, 3.8) is 0 Å². The second-order valence-corrected chi connectivity index (χ2v) is 1.75. The molecule has 0 aromatic carbocycles. The molecule has 0 rings (SSSR count). The van der Waals surface area contributed by atoms with Crippen molar-refractivity contribution in [2.24, 2.45) is 0 Å². The first-order valence-electron chi connectivity index (χ1n) is 1.19. The Morgan fingerprint density at radius 3 is 2.14 bits per heavy atom. The van der Waals surface area contributed by atoms with E-state index in [2.05, 4.69) is 30.6 Å². The third-order valence-corrected chi connectivity index (χ3v) is 0.556. The van der Waals surface area contributed by atoms with Gasteiger partial charge in [0.2, 0.25) is 0 Å². The molecular formula is CH2FNO2S2. The number of hydrogen-bond acceptors (Lipinski definition) is 4. The molecule has 0 heterocycles. The Balaban J connectivity index is 3.35. The smallest absolute Gasteiger partial charge is 0.229 e. The Kier molecular flexibility index (Phi) is 2.93. The molecule has 3 nitrogen and oxygen atoms in total. The van der Waals surface area contributed by atoms with Gasteiger partial charge in [-0.2, -0.15) is 3.71 Å². The zero-order valence-electron chi connectivity index (χ0n) is 3.04. The number of rotatable bonds is 0. The molecule has 0 aliphatic carbocycles. The van der Waals surface area contributed by atoms with Crippen molar-refractivity contribution in [1.29, 1.82) is 0 Å². The summed E-state index contributed by atoms with van der Waals surface area (Å²) in [5.74, 6) is 0. The fraction of sp³-hybridized carbons (Fsp3) is 0. The first kappa shape index (κ1) is 6.90. The maximum absolute atomic E-state index is 10.6. The van der Waals surface area contributed by atoms with Crippen LogP contribution in [0.1, 0.15) is 0 Å². The zero-order chi connectivity index (χ0) is 5.86. The lowest BCUT2D eigenvalue weighted by atomic mass is 11.3. The highest BCUT2D eigenvalue weighted by molar-refractivity contribution is 7.94. The summed E-state index contributed by atoms with van der Waals surface area (Å²) in [5.41, 5.74) is 0. The van der Waals surface area contributed by atoms with Gasteiger partial charge in [-0.25, -0.2) is 9.74 Å². The summed E-state index contributed by atoms with van der Waals surface area (Å²) >= 11 is 6.51. The molecule has 0 bridgehead atoms. The van der Waals surface area contributed by atoms with E-state index in [9.17, 15) is 9.32 Å². The lowest BCUT2D eigenvalue weighted by Crippen LogP contribution is -2.07. The Hall–Kier alpha value is -0.100. The molecule has 0 atom stereocenters. The monoisotopic (exact) mass is 143 g/mol. The fourth-order valence-electron chi connectivity index (χ4n) is 0.0309. The van der Waals surface area contributed by atoms with Gasteiger partial charge in [0.15, 0.2) is 0 Å². The lowest BCUT2D eigenvalue weighted by molar-refractivity contribution is -0.0646. The molecule has 0 spiro atoms. The molecule has 0 N–H and O–H groups in total. The van der Waals surface area contributed by atoms with Gasteiger partial charge >= 0.3 is 6.09 Å². The first-order chi connectivity index (χ1) is 3.18. The van der Waals surface area contributed by atoms with Crippen LogP contribution in [0.2, 0.25) is 0 Å². The summed E-state index contributed by atoms with van der Waals surface area (Å²) in [4.78, 5) is 12.3. The topological polar surface area (TPSA) is 29.5 Å². The van der Waals surface area contributed by atoms with Gasteiger partial charge in [-0.3, -0.25) is 0 Å². The van der Waals surface area contributed by atoms with E-state index in [1.807, 2.05) is 0 Å². The predicted molar refractivity (Wildman–Crippen MR) is 27.4 cm³/mol. The third-order valence-electron chi connectivity index (χ3n) is 0.229. The molecule has 0 unspecified atom stereocenters. The molecule has 0 radical (unpaired) electrons. The maximum atomic E-state index is 10.6. The van der Waals surface area contributed by atoms with Crippen molar-refractivity contribution in [3.05, 3.63) is 0 Å². The van der Waals surface area contributed by atoms with E-state index in [4.69, 9.17) is 0 Å².